The van der Waals surface area contributed by atoms with E-state index in [1.54, 1.807) is 0 Å². The molecule has 0 aromatic carbocycles. The van der Waals surface area contributed by atoms with Crippen LogP contribution in [0, 0.1) is 0 Å². The summed E-state index contributed by atoms with van der Waals surface area (Å²) in [6.45, 7) is 9.75. The molecule has 0 fully saturated rings. The molecule has 0 spiro atoms. The molecule has 0 rings (SSSR count). The van der Waals surface area contributed by atoms with Crippen molar-refractivity contribution in [2.75, 3.05) is 6.61 Å². The molecule has 0 amide bonds. The molecule has 0 saturated heterocycles. The molecule has 0 aliphatic carbocycles. The van der Waals surface area contributed by atoms with E-state index in [1.165, 1.54) is 23.6 Å². The Labute approximate surface area is 171 Å². The average molecular weight is 437 g/mol. The molecule has 0 radical (unpaired) electrons. The van der Waals surface area contributed by atoms with Crippen LogP contribution in [0.3, 0.4) is 0 Å². The molecule has 0 aromatic rings. The van der Waals surface area contributed by atoms with E-state index in [4.69, 9.17) is 0 Å². The van der Waals surface area contributed by atoms with Gasteiger partial charge in [-0.15, -0.1) is 0 Å². The number of rotatable bonds is 14. The van der Waals surface area contributed by atoms with E-state index in [1.807, 2.05) is 13.0 Å². The van der Waals surface area contributed by atoms with Crippen LogP contribution in [0.1, 0.15) is 79.6 Å². The number of unbranched alkanes of at least 4 members (excludes halogenated alkanes) is 1. The lowest BCUT2D eigenvalue weighted by Gasteiger charge is -2.19. The second kappa shape index (κ2) is 13.5. The number of hydrogen-bond acceptors (Lipinski definition) is 4. The van der Waals surface area contributed by atoms with Gasteiger partial charge in [0.2, 0.25) is 0 Å². The van der Waals surface area contributed by atoms with Gasteiger partial charge in [-0.1, -0.05) is 34.9 Å². The second-order valence-electron chi connectivity index (χ2n) is 7.34. The van der Waals surface area contributed by atoms with Gasteiger partial charge in [0.15, 0.2) is 4.99 Å². The maximum absolute atomic E-state index is 12.0. The molecule has 2 N–H and O–H groups in total. The first-order valence-corrected chi connectivity index (χ1v) is 12.9. The van der Waals surface area contributed by atoms with Gasteiger partial charge in [0.05, 0.1) is 6.61 Å². The lowest BCUT2D eigenvalue weighted by molar-refractivity contribution is 0.268. The minimum absolute atomic E-state index is 0.0971. The zero-order chi connectivity index (χ0) is 21.8. The monoisotopic (exact) mass is 436 g/mol. The van der Waals surface area contributed by atoms with Crippen LogP contribution in [-0.4, -0.2) is 29.5 Å². The fourth-order valence-electron chi connectivity index (χ4n) is 2.73. The van der Waals surface area contributed by atoms with Crippen molar-refractivity contribution in [1.82, 2.24) is 0 Å². The van der Waals surface area contributed by atoms with Gasteiger partial charge in [-0.25, -0.2) is 0 Å². The highest BCUT2D eigenvalue weighted by atomic mass is 32.2. The van der Waals surface area contributed by atoms with Crippen LogP contribution >= 0.6 is 7.60 Å². The molecular weight excluding hydrogens is 399 g/mol. The second-order valence-corrected chi connectivity index (χ2v) is 11.3. The molecule has 0 aliphatic rings. The minimum atomic E-state index is -4.65. The molecule has 0 aromatic heterocycles. The Bertz CT molecular complexity index is 702. The summed E-state index contributed by atoms with van der Waals surface area (Å²) in [5.41, 5.74) is 3.89. The highest BCUT2D eigenvalue weighted by molar-refractivity contribution is 7.93. The normalized spacial score (nSPS) is 16.5. The summed E-state index contributed by atoms with van der Waals surface area (Å²) in [7, 11) is -9.06. The Kier molecular flexibility index (Phi) is 13.1. The van der Waals surface area contributed by atoms with Gasteiger partial charge in [-0.2, -0.15) is 8.42 Å². The Morgan fingerprint density at radius 2 is 1.50 bits per heavy atom. The van der Waals surface area contributed by atoms with Crippen molar-refractivity contribution in [3.63, 3.8) is 0 Å². The van der Waals surface area contributed by atoms with Crippen LogP contribution in [-0.2, 0) is 19.2 Å². The van der Waals surface area contributed by atoms with Gasteiger partial charge >= 0.3 is 7.60 Å². The molecule has 8 heteroatoms. The van der Waals surface area contributed by atoms with Crippen LogP contribution in [0.25, 0.3) is 0 Å². The van der Waals surface area contributed by atoms with Crippen molar-refractivity contribution in [2.24, 2.45) is 0 Å². The highest BCUT2D eigenvalue weighted by Crippen LogP contribution is 2.51. The van der Waals surface area contributed by atoms with E-state index in [0.717, 1.165) is 25.7 Å². The van der Waals surface area contributed by atoms with Crippen molar-refractivity contribution in [2.45, 2.75) is 84.6 Å². The Morgan fingerprint density at radius 1 is 1.00 bits per heavy atom. The summed E-state index contributed by atoms with van der Waals surface area (Å²) in [4.78, 5) is 7.96. The lowest BCUT2D eigenvalue weighted by atomic mass is 10.1. The molecule has 0 saturated carbocycles. The quantitative estimate of drug-likeness (QED) is 0.150. The Hall–Kier alpha value is -0.720. The van der Waals surface area contributed by atoms with Gasteiger partial charge in [0, 0.05) is 0 Å². The zero-order valence-corrected chi connectivity index (χ0v) is 19.6. The SMILES string of the molecule is CCOP(=O)(O)C(CCCC=C(C)CCC=C(C)CCC=C(C)C)S(=O)(=O)O. The first-order valence-electron chi connectivity index (χ1n) is 9.78. The topological polar surface area (TPSA) is 101 Å². The molecule has 2 unspecified atom stereocenters. The predicted molar refractivity (Wildman–Crippen MR) is 116 cm³/mol. The molecule has 6 nitrogen and oxygen atoms in total. The third-order valence-electron chi connectivity index (χ3n) is 4.29. The van der Waals surface area contributed by atoms with Crippen molar-refractivity contribution in [3.05, 3.63) is 34.9 Å². The van der Waals surface area contributed by atoms with Crippen LogP contribution in [0.15, 0.2) is 34.9 Å². The van der Waals surface area contributed by atoms with Gasteiger partial charge in [0.1, 0.15) is 0 Å². The van der Waals surface area contributed by atoms with E-state index in [9.17, 15) is 22.4 Å². The van der Waals surface area contributed by atoms with E-state index < -0.39 is 22.7 Å². The van der Waals surface area contributed by atoms with Gasteiger partial charge < -0.3 is 9.42 Å². The summed E-state index contributed by atoms with van der Waals surface area (Å²) < 4.78 is 48.7. The van der Waals surface area contributed by atoms with E-state index in [0.29, 0.717) is 12.8 Å². The fraction of sp³-hybridized carbons (Fsp3) is 0.700. The molecule has 0 heterocycles. The zero-order valence-electron chi connectivity index (χ0n) is 17.8. The number of hydrogen-bond donors (Lipinski definition) is 2. The van der Waals surface area contributed by atoms with Crippen LogP contribution in [0.2, 0.25) is 0 Å². The summed E-state index contributed by atoms with van der Waals surface area (Å²) >= 11 is 0. The summed E-state index contributed by atoms with van der Waals surface area (Å²) in [6.07, 6.45) is 11.3. The number of allylic oxidation sites excluding steroid dienone is 6. The van der Waals surface area contributed by atoms with Crippen molar-refractivity contribution in [3.8, 4) is 0 Å². The summed E-state index contributed by atoms with van der Waals surface area (Å²) in [6, 6.07) is 0. The van der Waals surface area contributed by atoms with Crippen LogP contribution in [0.5, 0.6) is 0 Å². The van der Waals surface area contributed by atoms with E-state index >= 15 is 0 Å². The van der Waals surface area contributed by atoms with E-state index in [-0.39, 0.29) is 13.0 Å². The van der Waals surface area contributed by atoms with Crippen molar-refractivity contribution >= 4 is 17.7 Å². The molecule has 28 heavy (non-hydrogen) atoms. The summed E-state index contributed by atoms with van der Waals surface area (Å²) in [5, 5.41) is 0. The van der Waals surface area contributed by atoms with Gasteiger partial charge in [-0.3, -0.25) is 9.12 Å². The van der Waals surface area contributed by atoms with Crippen LogP contribution < -0.4 is 0 Å². The third kappa shape index (κ3) is 12.7. The molecule has 164 valence electrons. The molecular formula is C20H37O6PS. The Balaban J connectivity index is 4.46. The fourth-order valence-corrected chi connectivity index (χ4v) is 5.77. The smallest absolute Gasteiger partial charge is 0.323 e. The average Bonchev–Trinajstić information content (AvgIpc) is 2.52. The van der Waals surface area contributed by atoms with Crippen molar-refractivity contribution in [1.29, 1.82) is 0 Å². The molecule has 2 atom stereocenters. The third-order valence-corrected chi connectivity index (χ3v) is 8.43. The first-order chi connectivity index (χ1) is 12.9. The summed E-state index contributed by atoms with van der Waals surface area (Å²) in [5.74, 6) is 0. The maximum atomic E-state index is 12.0. The minimum Gasteiger partial charge on any atom is -0.323 e. The molecule has 0 aliphatic heterocycles. The van der Waals surface area contributed by atoms with E-state index in [2.05, 4.69) is 37.4 Å². The van der Waals surface area contributed by atoms with Gasteiger partial charge in [0.25, 0.3) is 10.1 Å². The van der Waals surface area contributed by atoms with Crippen molar-refractivity contribution < 1.29 is 27.0 Å². The Morgan fingerprint density at radius 3 is 1.96 bits per heavy atom. The predicted octanol–water partition coefficient (Wildman–Crippen LogP) is 6.01. The van der Waals surface area contributed by atoms with Crippen LogP contribution in [0.4, 0.5) is 0 Å². The maximum Gasteiger partial charge on any atom is 0.348 e. The van der Waals surface area contributed by atoms with Gasteiger partial charge in [-0.05, 0) is 79.6 Å². The first kappa shape index (κ1) is 27.3. The standard InChI is InChI=1S/C20H37O6PS/c1-6-26-27(21,22)20(28(23,24)25)16-8-7-12-18(4)14-10-15-19(5)13-9-11-17(2)3/h11-12,15,20H,6-10,13-14,16H2,1-5H3,(H,21,22)(H,23,24,25). The highest BCUT2D eigenvalue weighted by Gasteiger charge is 2.41. The largest absolute Gasteiger partial charge is 0.348 e. The lowest BCUT2D eigenvalue weighted by Crippen LogP contribution is -2.22. The molecule has 0 bridgehead atoms.